The Morgan fingerprint density at radius 3 is 2.54 bits per heavy atom. The monoisotopic (exact) mass is 347 g/mol. The Labute approximate surface area is 139 Å². The minimum Gasteiger partial charge on any atom is -0.319 e. The van der Waals surface area contributed by atoms with E-state index < -0.39 is 10.0 Å². The van der Waals surface area contributed by atoms with Gasteiger partial charge < -0.3 is 5.32 Å². The van der Waals surface area contributed by atoms with E-state index in [1.54, 1.807) is 6.20 Å². The van der Waals surface area contributed by atoms with Crippen LogP contribution in [0.3, 0.4) is 0 Å². The number of aromatic nitrogens is 3. The lowest BCUT2D eigenvalue weighted by molar-refractivity contribution is 0.102. The van der Waals surface area contributed by atoms with Gasteiger partial charge in [0.2, 0.25) is 0 Å². The highest BCUT2D eigenvalue weighted by Gasteiger charge is 2.28. The average molecular weight is 347 g/mol. The number of hydrogen-bond acceptors (Lipinski definition) is 6. The molecular formula is C15H17N5O3S. The van der Waals surface area contributed by atoms with E-state index >= 15 is 0 Å². The zero-order valence-corrected chi connectivity index (χ0v) is 14.1. The van der Waals surface area contributed by atoms with Crippen LogP contribution in [0.2, 0.25) is 0 Å². The second-order valence-corrected chi connectivity index (χ2v) is 7.37. The van der Waals surface area contributed by atoms with Gasteiger partial charge in [-0.15, -0.1) is 0 Å². The number of carbonyl (C=O) groups excluding carboxylic acids is 1. The van der Waals surface area contributed by atoms with Crippen LogP contribution in [0, 0.1) is 6.92 Å². The Morgan fingerprint density at radius 2 is 1.96 bits per heavy atom. The van der Waals surface area contributed by atoms with Gasteiger partial charge in [0.1, 0.15) is 5.82 Å². The number of aryl methyl sites for hydroxylation is 1. The van der Waals surface area contributed by atoms with E-state index in [4.69, 9.17) is 0 Å². The van der Waals surface area contributed by atoms with E-state index in [9.17, 15) is 13.2 Å². The normalized spacial score (nSPS) is 14.4. The Morgan fingerprint density at radius 1 is 1.21 bits per heavy atom. The summed E-state index contributed by atoms with van der Waals surface area (Å²) in [5.74, 6) is 0.645. The molecule has 2 N–H and O–H groups in total. The molecule has 2 heterocycles. The molecule has 0 spiro atoms. The number of hydrogen-bond donors (Lipinski definition) is 2. The first-order valence-corrected chi connectivity index (χ1v) is 8.93. The van der Waals surface area contributed by atoms with Crippen LogP contribution in [0.25, 0.3) is 0 Å². The van der Waals surface area contributed by atoms with Crippen molar-refractivity contribution in [3.63, 3.8) is 0 Å². The molecule has 24 heavy (non-hydrogen) atoms. The lowest BCUT2D eigenvalue weighted by atomic mass is 10.2. The summed E-state index contributed by atoms with van der Waals surface area (Å²) in [5, 5.41) is 2.64. The van der Waals surface area contributed by atoms with Gasteiger partial charge in [-0.2, -0.15) is 0 Å². The molecule has 9 heteroatoms. The van der Waals surface area contributed by atoms with Gasteiger partial charge in [-0.1, -0.05) is 0 Å². The van der Waals surface area contributed by atoms with E-state index in [1.807, 2.05) is 6.92 Å². The fourth-order valence-electron chi connectivity index (χ4n) is 2.22. The molecule has 0 bridgehead atoms. The zero-order valence-electron chi connectivity index (χ0n) is 13.3. The number of anilines is 1. The van der Waals surface area contributed by atoms with Crippen LogP contribution in [0.5, 0.6) is 0 Å². The van der Waals surface area contributed by atoms with Crippen LogP contribution in [0.15, 0.2) is 29.6 Å². The van der Waals surface area contributed by atoms with Crippen LogP contribution in [-0.4, -0.2) is 36.3 Å². The highest BCUT2D eigenvalue weighted by Crippen LogP contribution is 2.42. The number of nitrogens with one attached hydrogen (secondary N) is 2. The molecule has 1 aliphatic carbocycles. The summed E-state index contributed by atoms with van der Waals surface area (Å²) in [6, 6.07) is 2.70. The highest BCUT2D eigenvalue weighted by molar-refractivity contribution is 7.89. The molecule has 1 saturated carbocycles. The van der Waals surface area contributed by atoms with Crippen molar-refractivity contribution in [3.8, 4) is 0 Å². The summed E-state index contributed by atoms with van der Waals surface area (Å²) in [5.41, 5.74) is 1.69. The summed E-state index contributed by atoms with van der Waals surface area (Å²) >= 11 is 0. The second kappa shape index (κ2) is 6.25. The van der Waals surface area contributed by atoms with Crippen LogP contribution >= 0.6 is 0 Å². The van der Waals surface area contributed by atoms with E-state index in [0.717, 1.165) is 18.5 Å². The van der Waals surface area contributed by atoms with Crippen molar-refractivity contribution in [2.24, 2.45) is 0 Å². The van der Waals surface area contributed by atoms with Crippen LogP contribution < -0.4 is 10.0 Å². The van der Waals surface area contributed by atoms with Crippen LogP contribution in [0.4, 0.5) is 5.69 Å². The minimum atomic E-state index is -3.63. The molecule has 126 valence electrons. The topological polar surface area (TPSA) is 114 Å². The quantitative estimate of drug-likeness (QED) is 0.840. The van der Waals surface area contributed by atoms with E-state index in [-0.39, 0.29) is 16.5 Å². The average Bonchev–Trinajstić information content (AvgIpc) is 3.41. The van der Waals surface area contributed by atoms with Gasteiger partial charge in [0, 0.05) is 12.1 Å². The summed E-state index contributed by atoms with van der Waals surface area (Å²) in [7, 11) is -2.33. The summed E-state index contributed by atoms with van der Waals surface area (Å²) in [6.07, 6.45) is 4.93. The molecule has 0 aromatic carbocycles. The smallest absolute Gasteiger partial charge is 0.257 e. The Hall–Kier alpha value is -2.39. The molecule has 0 unspecified atom stereocenters. The number of nitrogens with zero attached hydrogens (tertiary/aromatic N) is 3. The maximum atomic E-state index is 12.4. The van der Waals surface area contributed by atoms with Crippen molar-refractivity contribution < 1.29 is 13.2 Å². The number of carbonyl (C=O) groups is 1. The van der Waals surface area contributed by atoms with Gasteiger partial charge in [-0.25, -0.2) is 28.1 Å². The molecule has 0 aliphatic heterocycles. The molecule has 1 aliphatic rings. The summed E-state index contributed by atoms with van der Waals surface area (Å²) in [4.78, 5) is 24.7. The van der Waals surface area contributed by atoms with Crippen molar-refractivity contribution in [1.82, 2.24) is 19.7 Å². The third kappa shape index (κ3) is 3.41. The molecule has 0 atom stereocenters. The van der Waals surface area contributed by atoms with Crippen LogP contribution in [0.1, 0.15) is 40.6 Å². The highest BCUT2D eigenvalue weighted by atomic mass is 32.2. The Kier molecular flexibility index (Phi) is 4.29. The van der Waals surface area contributed by atoms with Gasteiger partial charge in [0.25, 0.3) is 15.9 Å². The number of rotatable bonds is 5. The van der Waals surface area contributed by atoms with Crippen molar-refractivity contribution >= 4 is 21.6 Å². The van der Waals surface area contributed by atoms with Crippen molar-refractivity contribution in [2.75, 3.05) is 12.4 Å². The summed E-state index contributed by atoms with van der Waals surface area (Å²) < 4.78 is 25.5. The molecule has 1 amide bonds. The standard InChI is InChI=1S/C15H17N5O3S/c1-9-17-8-12(14(19-9)10-3-4-10)20-15(21)11-5-6-13(18-7-11)24(22,23)16-2/h5-8,10,16H,3-4H2,1-2H3,(H,20,21). The number of amides is 1. The first-order chi connectivity index (χ1) is 11.4. The fourth-order valence-corrected chi connectivity index (χ4v) is 2.87. The van der Waals surface area contributed by atoms with Gasteiger partial charge in [-0.3, -0.25) is 4.79 Å². The molecule has 1 fully saturated rings. The second-order valence-electron chi connectivity index (χ2n) is 5.54. The van der Waals surface area contributed by atoms with Gasteiger partial charge in [0.05, 0.1) is 23.1 Å². The van der Waals surface area contributed by atoms with E-state index in [2.05, 4.69) is 25.0 Å². The molecule has 2 aromatic heterocycles. The lowest BCUT2D eigenvalue weighted by Crippen LogP contribution is -2.20. The van der Waals surface area contributed by atoms with Gasteiger partial charge in [0.15, 0.2) is 5.03 Å². The number of sulfonamides is 1. The zero-order chi connectivity index (χ0) is 17.3. The third-order valence-electron chi connectivity index (χ3n) is 3.69. The predicted molar refractivity (Wildman–Crippen MR) is 87.2 cm³/mol. The van der Waals surface area contributed by atoms with Crippen LogP contribution in [-0.2, 0) is 10.0 Å². The summed E-state index contributed by atoms with van der Waals surface area (Å²) in [6.45, 7) is 1.81. The maximum Gasteiger partial charge on any atom is 0.257 e. The third-order valence-corrected chi connectivity index (χ3v) is 5.02. The molecule has 0 saturated heterocycles. The van der Waals surface area contributed by atoms with Gasteiger partial charge in [-0.05, 0) is 38.9 Å². The van der Waals surface area contributed by atoms with E-state index in [1.165, 1.54) is 25.4 Å². The molecule has 8 nitrogen and oxygen atoms in total. The fraction of sp³-hybridized carbons (Fsp3) is 0.333. The van der Waals surface area contributed by atoms with Gasteiger partial charge >= 0.3 is 0 Å². The van der Waals surface area contributed by atoms with Crippen molar-refractivity contribution in [2.45, 2.75) is 30.7 Å². The molecular weight excluding hydrogens is 330 g/mol. The van der Waals surface area contributed by atoms with Crippen molar-refractivity contribution in [3.05, 3.63) is 41.6 Å². The lowest BCUT2D eigenvalue weighted by Gasteiger charge is -2.10. The first-order valence-electron chi connectivity index (χ1n) is 7.45. The molecule has 0 radical (unpaired) electrons. The Balaban J connectivity index is 1.81. The number of pyridine rings is 1. The first kappa shape index (κ1) is 16.5. The largest absolute Gasteiger partial charge is 0.319 e. The maximum absolute atomic E-state index is 12.4. The SMILES string of the molecule is CNS(=O)(=O)c1ccc(C(=O)Nc2cnc(C)nc2C2CC2)cn1. The molecule has 3 rings (SSSR count). The Bertz CT molecular complexity index is 876. The van der Waals surface area contributed by atoms with E-state index in [0.29, 0.717) is 17.4 Å². The minimum absolute atomic E-state index is 0.140. The predicted octanol–water partition coefficient (Wildman–Crippen LogP) is 1.22. The van der Waals surface area contributed by atoms with Crippen molar-refractivity contribution in [1.29, 1.82) is 0 Å². The molecule has 2 aromatic rings.